The van der Waals surface area contributed by atoms with E-state index in [1.165, 1.54) is 17.3 Å². The van der Waals surface area contributed by atoms with Crippen molar-refractivity contribution in [1.82, 2.24) is 0 Å². The third-order valence-electron chi connectivity index (χ3n) is 2.74. The first-order valence-corrected chi connectivity index (χ1v) is 8.11. The van der Waals surface area contributed by atoms with Crippen LogP contribution < -0.4 is 11.1 Å². The number of aryl methyl sites for hydroxylation is 1. The molecule has 1 atom stereocenters. The summed E-state index contributed by atoms with van der Waals surface area (Å²) in [6, 6.07) is 7.05. The van der Waals surface area contributed by atoms with Gasteiger partial charge in [-0.25, -0.2) is 0 Å². The third-order valence-corrected chi connectivity index (χ3v) is 3.80. The zero-order chi connectivity index (χ0) is 15.7. The van der Waals surface area contributed by atoms with Gasteiger partial charge in [0.25, 0.3) is 0 Å². The average Bonchev–Trinajstić information content (AvgIpc) is 2.47. The Kier molecular flexibility index (Phi) is 7.85. The van der Waals surface area contributed by atoms with E-state index in [1.54, 1.807) is 6.92 Å². The van der Waals surface area contributed by atoms with E-state index in [-0.39, 0.29) is 11.7 Å². The zero-order valence-electron chi connectivity index (χ0n) is 12.4. The van der Waals surface area contributed by atoms with Gasteiger partial charge >= 0.3 is 5.97 Å². The van der Waals surface area contributed by atoms with Crippen LogP contribution in [0.15, 0.2) is 24.3 Å². The lowest BCUT2D eigenvalue weighted by atomic mass is 10.1. The summed E-state index contributed by atoms with van der Waals surface area (Å²) in [5.74, 6) is 0.0791. The molecule has 0 aliphatic rings. The molecule has 0 aromatic heterocycles. The van der Waals surface area contributed by atoms with Gasteiger partial charge in [0.05, 0.1) is 12.4 Å². The van der Waals surface area contributed by atoms with Crippen LogP contribution in [0.4, 0.5) is 5.69 Å². The molecule has 3 N–H and O–H groups in total. The van der Waals surface area contributed by atoms with Crippen molar-refractivity contribution in [1.29, 1.82) is 0 Å². The summed E-state index contributed by atoms with van der Waals surface area (Å²) in [5, 5.41) is 2.83. The molecule has 6 heteroatoms. The first-order chi connectivity index (χ1) is 10.1. The van der Waals surface area contributed by atoms with Crippen LogP contribution in [0.1, 0.15) is 19.4 Å². The summed E-state index contributed by atoms with van der Waals surface area (Å²) in [6.45, 7) is 4.11. The molecule has 0 radical (unpaired) electrons. The van der Waals surface area contributed by atoms with E-state index in [9.17, 15) is 9.59 Å². The Hall–Kier alpha value is -1.53. The summed E-state index contributed by atoms with van der Waals surface area (Å²) >= 11 is 1.31. The Balaban J connectivity index is 2.32. The number of benzene rings is 1. The minimum absolute atomic E-state index is 0.107. The molecule has 0 aliphatic carbocycles. The van der Waals surface area contributed by atoms with Crippen LogP contribution in [0.2, 0.25) is 0 Å². The third kappa shape index (κ3) is 6.64. The lowest BCUT2D eigenvalue weighted by Gasteiger charge is -2.10. The molecular formula is C15H22N2O3S. The lowest BCUT2D eigenvalue weighted by Crippen LogP contribution is -2.35. The molecule has 0 spiro atoms. The van der Waals surface area contributed by atoms with Crippen LogP contribution >= 0.6 is 11.8 Å². The smallest absolute Gasteiger partial charge is 0.323 e. The highest BCUT2D eigenvalue weighted by Crippen LogP contribution is 2.12. The predicted molar refractivity (Wildman–Crippen MR) is 86.4 cm³/mol. The highest BCUT2D eigenvalue weighted by atomic mass is 32.2. The van der Waals surface area contributed by atoms with E-state index in [1.807, 2.05) is 24.3 Å². The Morgan fingerprint density at radius 1 is 1.38 bits per heavy atom. The van der Waals surface area contributed by atoms with Gasteiger partial charge in [0, 0.05) is 11.4 Å². The number of ether oxygens (including phenoxy) is 1. The van der Waals surface area contributed by atoms with Crippen molar-refractivity contribution in [3.63, 3.8) is 0 Å². The van der Waals surface area contributed by atoms with Crippen LogP contribution in [-0.2, 0) is 20.7 Å². The second kappa shape index (κ2) is 9.41. The number of carbonyl (C=O) groups excluding carboxylic acids is 2. The number of thioether (sulfide) groups is 1. The molecule has 0 fully saturated rings. The largest absolute Gasteiger partial charge is 0.465 e. The van der Waals surface area contributed by atoms with Crippen molar-refractivity contribution in [2.45, 2.75) is 26.3 Å². The average molecular weight is 310 g/mol. The molecule has 0 bridgehead atoms. The predicted octanol–water partition coefficient (Wildman–Crippen LogP) is 1.81. The summed E-state index contributed by atoms with van der Waals surface area (Å²) in [7, 11) is 0. The number of amides is 1. The Labute approximate surface area is 129 Å². The molecule has 0 saturated heterocycles. The molecular weight excluding hydrogens is 288 g/mol. The van der Waals surface area contributed by atoms with Gasteiger partial charge in [0.2, 0.25) is 5.91 Å². The monoisotopic (exact) mass is 310 g/mol. The van der Waals surface area contributed by atoms with Crippen molar-refractivity contribution in [2.75, 3.05) is 23.4 Å². The quantitative estimate of drug-likeness (QED) is 0.716. The minimum atomic E-state index is -0.689. The van der Waals surface area contributed by atoms with Gasteiger partial charge in [0.1, 0.15) is 6.04 Å². The second-order valence-corrected chi connectivity index (χ2v) is 5.51. The highest BCUT2D eigenvalue weighted by Gasteiger charge is 2.15. The number of anilines is 1. The summed E-state index contributed by atoms with van der Waals surface area (Å²) in [5.41, 5.74) is 7.61. The Bertz CT molecular complexity index is 480. The molecule has 21 heavy (non-hydrogen) atoms. The van der Waals surface area contributed by atoms with E-state index >= 15 is 0 Å². The van der Waals surface area contributed by atoms with Gasteiger partial charge in [-0.2, -0.15) is 0 Å². The number of hydrogen-bond acceptors (Lipinski definition) is 5. The lowest BCUT2D eigenvalue weighted by molar-refractivity contribution is -0.144. The molecule has 0 heterocycles. The molecule has 1 aromatic carbocycles. The van der Waals surface area contributed by atoms with Gasteiger partial charge in [-0.05, 0) is 31.0 Å². The van der Waals surface area contributed by atoms with Crippen LogP contribution in [0.5, 0.6) is 0 Å². The standard InChI is InChI=1S/C15H22N2O3S/c1-3-11-6-5-7-12(8-11)17-14(18)10-21-9-13(16)15(19)20-4-2/h5-8,13H,3-4,9-10,16H2,1-2H3,(H,17,18). The maximum absolute atomic E-state index is 11.8. The summed E-state index contributed by atoms with van der Waals surface area (Å²) < 4.78 is 4.80. The first kappa shape index (κ1) is 17.5. The van der Waals surface area contributed by atoms with Gasteiger partial charge in [-0.3, -0.25) is 9.59 Å². The fourth-order valence-electron chi connectivity index (χ4n) is 1.66. The van der Waals surface area contributed by atoms with Gasteiger partial charge < -0.3 is 15.8 Å². The van der Waals surface area contributed by atoms with Crippen LogP contribution in [-0.4, -0.2) is 36.0 Å². The summed E-state index contributed by atoms with van der Waals surface area (Å²) in [6.07, 6.45) is 0.923. The first-order valence-electron chi connectivity index (χ1n) is 6.95. The van der Waals surface area contributed by atoms with Crippen molar-refractivity contribution >= 4 is 29.3 Å². The molecule has 1 aromatic rings. The maximum Gasteiger partial charge on any atom is 0.323 e. The van der Waals surface area contributed by atoms with E-state index in [0.717, 1.165) is 12.1 Å². The van der Waals surface area contributed by atoms with Crippen molar-refractivity contribution in [3.8, 4) is 0 Å². The fourth-order valence-corrected chi connectivity index (χ4v) is 2.43. The maximum atomic E-state index is 11.8. The van der Waals surface area contributed by atoms with Crippen molar-refractivity contribution in [3.05, 3.63) is 29.8 Å². The zero-order valence-corrected chi connectivity index (χ0v) is 13.2. The van der Waals surface area contributed by atoms with Gasteiger partial charge in [-0.15, -0.1) is 11.8 Å². The molecule has 1 amide bonds. The topological polar surface area (TPSA) is 81.4 Å². The van der Waals surface area contributed by atoms with Crippen molar-refractivity contribution < 1.29 is 14.3 Å². The fraction of sp³-hybridized carbons (Fsp3) is 0.467. The van der Waals surface area contributed by atoms with Crippen LogP contribution in [0, 0.1) is 0 Å². The van der Waals surface area contributed by atoms with Crippen LogP contribution in [0.3, 0.4) is 0 Å². The van der Waals surface area contributed by atoms with Crippen LogP contribution in [0.25, 0.3) is 0 Å². The second-order valence-electron chi connectivity index (χ2n) is 4.48. The normalized spacial score (nSPS) is 11.8. The minimum Gasteiger partial charge on any atom is -0.465 e. The van der Waals surface area contributed by atoms with E-state index < -0.39 is 12.0 Å². The van der Waals surface area contributed by atoms with E-state index in [4.69, 9.17) is 10.5 Å². The molecule has 1 rings (SSSR count). The Morgan fingerprint density at radius 2 is 2.14 bits per heavy atom. The molecule has 0 aliphatic heterocycles. The van der Waals surface area contributed by atoms with Gasteiger partial charge in [-0.1, -0.05) is 19.1 Å². The van der Waals surface area contributed by atoms with E-state index in [2.05, 4.69) is 12.2 Å². The SMILES string of the molecule is CCOC(=O)C(N)CSCC(=O)Nc1cccc(CC)c1. The Morgan fingerprint density at radius 3 is 2.81 bits per heavy atom. The molecule has 116 valence electrons. The number of carbonyl (C=O) groups is 2. The summed E-state index contributed by atoms with van der Waals surface area (Å²) in [4.78, 5) is 23.1. The van der Waals surface area contributed by atoms with Crippen molar-refractivity contribution in [2.24, 2.45) is 5.73 Å². The van der Waals surface area contributed by atoms with E-state index in [0.29, 0.717) is 12.4 Å². The number of nitrogens with two attached hydrogens (primary N) is 1. The highest BCUT2D eigenvalue weighted by molar-refractivity contribution is 8.00. The number of hydrogen-bond donors (Lipinski definition) is 2. The number of esters is 1. The van der Waals surface area contributed by atoms with Gasteiger partial charge in [0.15, 0.2) is 0 Å². The molecule has 1 unspecified atom stereocenters. The number of rotatable bonds is 8. The molecule has 0 saturated carbocycles. The molecule has 5 nitrogen and oxygen atoms in total. The number of nitrogens with one attached hydrogen (secondary N) is 1.